The minimum absolute atomic E-state index is 0.0479. The lowest BCUT2D eigenvalue weighted by Gasteiger charge is -2.31. The van der Waals surface area contributed by atoms with Gasteiger partial charge in [-0.1, -0.05) is 11.6 Å². The Labute approximate surface area is 116 Å². The molecule has 0 aliphatic carbocycles. The number of sulfonamides is 1. The van der Waals surface area contributed by atoms with Gasteiger partial charge in [-0.15, -0.1) is 0 Å². The quantitative estimate of drug-likeness (QED) is 0.801. The van der Waals surface area contributed by atoms with Crippen LogP contribution in [0.1, 0.15) is 0 Å². The summed E-state index contributed by atoms with van der Waals surface area (Å²) in [6.45, 7) is 0.496. The third-order valence-electron chi connectivity index (χ3n) is 3.03. The van der Waals surface area contributed by atoms with Crippen molar-refractivity contribution in [3.63, 3.8) is 0 Å². The van der Waals surface area contributed by atoms with E-state index >= 15 is 0 Å². The third kappa shape index (κ3) is 2.68. The molecule has 1 aromatic carbocycles. The number of nitrogen functional groups attached to an aromatic ring is 1. The molecule has 1 aliphatic rings. The maximum atomic E-state index is 12.4. The second kappa shape index (κ2) is 4.99. The van der Waals surface area contributed by atoms with Crippen molar-refractivity contribution in [2.24, 2.45) is 0 Å². The number of hydrogen-bond acceptors (Lipinski definition) is 4. The Balaban J connectivity index is 2.32. The summed E-state index contributed by atoms with van der Waals surface area (Å²) >= 11 is 5.76. The third-order valence-corrected chi connectivity index (χ3v) is 5.21. The van der Waals surface area contributed by atoms with E-state index in [1.165, 1.54) is 23.1 Å². The van der Waals surface area contributed by atoms with Crippen molar-refractivity contribution in [3.8, 4) is 0 Å². The van der Waals surface area contributed by atoms with Crippen molar-refractivity contribution < 1.29 is 13.2 Å². The Morgan fingerprint density at radius 2 is 2.00 bits per heavy atom. The van der Waals surface area contributed by atoms with Crippen LogP contribution in [0.5, 0.6) is 0 Å². The summed E-state index contributed by atoms with van der Waals surface area (Å²) in [7, 11) is -2.07. The molecule has 0 atom stereocenters. The maximum Gasteiger partial charge on any atom is 0.243 e. The first kappa shape index (κ1) is 14.1. The van der Waals surface area contributed by atoms with Crippen molar-refractivity contribution in [2.45, 2.75) is 4.90 Å². The zero-order valence-electron chi connectivity index (χ0n) is 10.3. The smallest absolute Gasteiger partial charge is 0.243 e. The largest absolute Gasteiger partial charge is 0.397 e. The Morgan fingerprint density at radius 3 is 2.58 bits per heavy atom. The topological polar surface area (TPSA) is 83.7 Å². The SMILES string of the molecule is CN1CCN(S(=O)(=O)c2ccc(Cl)c(N)c2)CC1=O. The molecule has 8 heteroatoms. The minimum atomic E-state index is -3.71. The van der Waals surface area contributed by atoms with E-state index in [0.717, 1.165) is 4.31 Å². The van der Waals surface area contributed by atoms with E-state index in [-0.39, 0.29) is 29.6 Å². The highest BCUT2D eigenvalue weighted by Gasteiger charge is 2.31. The van der Waals surface area contributed by atoms with Crippen molar-refractivity contribution in [3.05, 3.63) is 23.2 Å². The normalized spacial score (nSPS) is 17.8. The Hall–Kier alpha value is -1.31. The lowest BCUT2D eigenvalue weighted by molar-refractivity contribution is -0.132. The number of nitrogens with two attached hydrogens (primary N) is 1. The first-order valence-electron chi connectivity index (χ1n) is 5.61. The number of amides is 1. The molecule has 0 radical (unpaired) electrons. The van der Waals surface area contributed by atoms with E-state index in [1.54, 1.807) is 7.05 Å². The first-order chi connectivity index (χ1) is 8.82. The average molecular weight is 304 g/mol. The Kier molecular flexibility index (Phi) is 3.71. The molecule has 1 fully saturated rings. The number of carbonyl (C=O) groups excluding carboxylic acids is 1. The molecule has 1 aliphatic heterocycles. The fourth-order valence-corrected chi connectivity index (χ4v) is 3.31. The summed E-state index contributed by atoms with van der Waals surface area (Å²) in [6, 6.07) is 4.12. The molecule has 104 valence electrons. The highest BCUT2D eigenvalue weighted by molar-refractivity contribution is 7.89. The zero-order chi connectivity index (χ0) is 14.2. The molecule has 1 heterocycles. The lowest BCUT2D eigenvalue weighted by Crippen LogP contribution is -2.50. The molecule has 2 rings (SSSR count). The fourth-order valence-electron chi connectivity index (χ4n) is 1.77. The minimum Gasteiger partial charge on any atom is -0.397 e. The van der Waals surface area contributed by atoms with Gasteiger partial charge in [0.15, 0.2) is 0 Å². The summed E-state index contributed by atoms with van der Waals surface area (Å²) in [5, 5.41) is 0.299. The lowest BCUT2D eigenvalue weighted by atomic mass is 10.3. The number of anilines is 1. The van der Waals surface area contributed by atoms with Gasteiger partial charge in [0.2, 0.25) is 15.9 Å². The predicted octanol–water partition coefficient (Wildman–Crippen LogP) is 0.385. The van der Waals surface area contributed by atoms with Crippen molar-refractivity contribution in [2.75, 3.05) is 32.4 Å². The molecular weight excluding hydrogens is 290 g/mol. The van der Waals surface area contributed by atoms with Gasteiger partial charge < -0.3 is 10.6 Å². The molecule has 6 nitrogen and oxygen atoms in total. The molecule has 1 saturated heterocycles. The molecule has 0 aromatic heterocycles. The first-order valence-corrected chi connectivity index (χ1v) is 7.43. The van der Waals surface area contributed by atoms with Gasteiger partial charge in [-0.25, -0.2) is 8.42 Å². The van der Waals surface area contributed by atoms with Crippen molar-refractivity contribution in [1.82, 2.24) is 9.21 Å². The van der Waals surface area contributed by atoms with Crippen LogP contribution in [0.4, 0.5) is 5.69 Å². The van der Waals surface area contributed by atoms with E-state index < -0.39 is 10.0 Å². The van der Waals surface area contributed by atoms with Crippen LogP contribution < -0.4 is 5.73 Å². The predicted molar refractivity (Wildman–Crippen MR) is 72.3 cm³/mol. The van der Waals surface area contributed by atoms with Crippen molar-refractivity contribution in [1.29, 1.82) is 0 Å². The second-order valence-corrected chi connectivity index (χ2v) is 6.68. The molecule has 2 N–H and O–H groups in total. The number of halogens is 1. The molecule has 0 bridgehead atoms. The number of carbonyl (C=O) groups is 1. The highest BCUT2D eigenvalue weighted by Crippen LogP contribution is 2.25. The molecule has 0 saturated carbocycles. The van der Waals surface area contributed by atoms with Gasteiger partial charge in [0, 0.05) is 20.1 Å². The standard InChI is InChI=1S/C11H14ClN3O3S/c1-14-4-5-15(7-11(14)16)19(17,18)8-2-3-9(12)10(13)6-8/h2-3,6H,4-5,7,13H2,1H3. The maximum absolute atomic E-state index is 12.4. The molecule has 1 aromatic rings. The second-order valence-electron chi connectivity index (χ2n) is 4.34. The zero-order valence-corrected chi connectivity index (χ0v) is 11.9. The van der Waals surface area contributed by atoms with Crippen LogP contribution in [0.15, 0.2) is 23.1 Å². The average Bonchev–Trinajstić information content (AvgIpc) is 2.35. The van der Waals surface area contributed by atoms with Crippen LogP contribution in [0.3, 0.4) is 0 Å². The number of piperazine rings is 1. The molecule has 0 unspecified atom stereocenters. The van der Waals surface area contributed by atoms with E-state index in [0.29, 0.717) is 11.6 Å². The summed E-state index contributed by atoms with van der Waals surface area (Å²) in [5.74, 6) is -0.225. The van der Waals surface area contributed by atoms with Crippen LogP contribution >= 0.6 is 11.6 Å². The fraction of sp³-hybridized carbons (Fsp3) is 0.364. The molecule has 1 amide bonds. The van der Waals surface area contributed by atoms with Gasteiger partial charge in [0.25, 0.3) is 0 Å². The Bertz CT molecular complexity index is 618. The van der Waals surface area contributed by atoms with Crippen LogP contribution in [-0.2, 0) is 14.8 Å². The molecule has 0 spiro atoms. The van der Waals surface area contributed by atoms with Gasteiger partial charge in [0.05, 0.1) is 22.2 Å². The van der Waals surface area contributed by atoms with E-state index in [4.69, 9.17) is 17.3 Å². The number of hydrogen-bond donors (Lipinski definition) is 1. The molecular formula is C11H14ClN3O3S. The number of benzene rings is 1. The number of rotatable bonds is 2. The number of nitrogens with zero attached hydrogens (tertiary/aromatic N) is 2. The monoisotopic (exact) mass is 303 g/mol. The summed E-state index contributed by atoms with van der Waals surface area (Å²) in [4.78, 5) is 13.1. The summed E-state index contributed by atoms with van der Waals surface area (Å²) < 4.78 is 25.9. The summed E-state index contributed by atoms with van der Waals surface area (Å²) in [6.07, 6.45) is 0. The van der Waals surface area contributed by atoms with E-state index in [2.05, 4.69) is 0 Å². The van der Waals surface area contributed by atoms with Gasteiger partial charge in [-0.05, 0) is 18.2 Å². The van der Waals surface area contributed by atoms with Crippen molar-refractivity contribution >= 4 is 33.2 Å². The van der Waals surface area contributed by atoms with Crippen LogP contribution in [0.25, 0.3) is 0 Å². The van der Waals surface area contributed by atoms with Gasteiger partial charge in [-0.3, -0.25) is 4.79 Å². The van der Waals surface area contributed by atoms with E-state index in [9.17, 15) is 13.2 Å². The number of likely N-dealkylation sites (N-methyl/N-ethyl adjacent to an activating group) is 1. The molecule has 19 heavy (non-hydrogen) atoms. The van der Waals surface area contributed by atoms with Gasteiger partial charge >= 0.3 is 0 Å². The van der Waals surface area contributed by atoms with Gasteiger partial charge in [0.1, 0.15) is 0 Å². The van der Waals surface area contributed by atoms with Crippen LogP contribution in [-0.4, -0.2) is 50.2 Å². The van der Waals surface area contributed by atoms with Crippen LogP contribution in [0.2, 0.25) is 5.02 Å². The summed E-state index contributed by atoms with van der Waals surface area (Å²) in [5.41, 5.74) is 5.80. The van der Waals surface area contributed by atoms with Crippen LogP contribution in [0, 0.1) is 0 Å². The highest BCUT2D eigenvalue weighted by atomic mass is 35.5. The van der Waals surface area contributed by atoms with E-state index in [1.807, 2.05) is 0 Å². The Morgan fingerprint density at radius 1 is 1.32 bits per heavy atom. The van der Waals surface area contributed by atoms with Gasteiger partial charge in [-0.2, -0.15) is 4.31 Å².